The molecule has 18 heavy (non-hydrogen) atoms. The molecule has 0 aromatic rings. The Morgan fingerprint density at radius 1 is 1.39 bits per heavy atom. The van der Waals surface area contributed by atoms with Gasteiger partial charge < -0.3 is 9.84 Å². The summed E-state index contributed by atoms with van der Waals surface area (Å²) in [5.41, 5.74) is 0. The number of likely N-dealkylation sites (tertiary alicyclic amines) is 1. The number of hydrogen-bond acceptors (Lipinski definition) is 5. The SMILES string of the molecule is O=C(CN1CCCCC1CCO)N1CCOC1=O. The summed E-state index contributed by atoms with van der Waals surface area (Å²) in [6.45, 7) is 1.90. The van der Waals surface area contributed by atoms with Crippen LogP contribution in [0.3, 0.4) is 0 Å². The zero-order chi connectivity index (χ0) is 13.0. The minimum atomic E-state index is -0.532. The van der Waals surface area contributed by atoms with Crippen molar-refractivity contribution in [3.8, 4) is 0 Å². The summed E-state index contributed by atoms with van der Waals surface area (Å²) in [7, 11) is 0. The lowest BCUT2D eigenvalue weighted by Gasteiger charge is -2.35. The molecule has 1 unspecified atom stereocenters. The Labute approximate surface area is 106 Å². The van der Waals surface area contributed by atoms with Crippen LogP contribution in [0.25, 0.3) is 0 Å². The maximum atomic E-state index is 12.0. The van der Waals surface area contributed by atoms with Gasteiger partial charge in [-0.3, -0.25) is 9.69 Å². The molecule has 0 aromatic heterocycles. The van der Waals surface area contributed by atoms with Gasteiger partial charge in [0, 0.05) is 12.6 Å². The van der Waals surface area contributed by atoms with Crippen molar-refractivity contribution in [2.45, 2.75) is 31.7 Å². The number of aliphatic hydroxyl groups is 1. The topological polar surface area (TPSA) is 70.1 Å². The van der Waals surface area contributed by atoms with E-state index in [1.165, 1.54) is 4.90 Å². The van der Waals surface area contributed by atoms with Crippen LogP contribution in [-0.2, 0) is 9.53 Å². The van der Waals surface area contributed by atoms with Gasteiger partial charge in [-0.05, 0) is 25.8 Å². The molecule has 0 bridgehead atoms. The number of carbonyl (C=O) groups is 2. The summed E-state index contributed by atoms with van der Waals surface area (Å²) < 4.78 is 4.76. The molecule has 0 saturated carbocycles. The first kappa shape index (κ1) is 13.3. The second-order valence-electron chi connectivity index (χ2n) is 4.79. The molecule has 2 fully saturated rings. The number of ether oxygens (including phenoxy) is 1. The predicted molar refractivity (Wildman–Crippen MR) is 64.0 cm³/mol. The highest BCUT2D eigenvalue weighted by molar-refractivity contribution is 5.94. The first-order valence-corrected chi connectivity index (χ1v) is 6.54. The van der Waals surface area contributed by atoms with Crippen LogP contribution in [0.1, 0.15) is 25.7 Å². The van der Waals surface area contributed by atoms with E-state index in [0.717, 1.165) is 25.8 Å². The van der Waals surface area contributed by atoms with E-state index in [-0.39, 0.29) is 25.1 Å². The molecular formula is C12H20N2O4. The number of imide groups is 1. The van der Waals surface area contributed by atoms with E-state index < -0.39 is 6.09 Å². The Bertz CT molecular complexity index is 319. The second kappa shape index (κ2) is 6.15. The third kappa shape index (κ3) is 3.00. The second-order valence-corrected chi connectivity index (χ2v) is 4.79. The summed E-state index contributed by atoms with van der Waals surface area (Å²) in [5.74, 6) is -0.192. The van der Waals surface area contributed by atoms with E-state index in [0.29, 0.717) is 19.6 Å². The van der Waals surface area contributed by atoms with Gasteiger partial charge in [0.1, 0.15) is 6.61 Å². The standard InChI is InChI=1S/C12H20N2O4/c15-7-4-10-3-1-2-5-13(10)9-11(16)14-6-8-18-12(14)17/h10,15H,1-9H2. The average Bonchev–Trinajstić information content (AvgIpc) is 2.78. The van der Waals surface area contributed by atoms with Gasteiger partial charge in [-0.1, -0.05) is 6.42 Å². The predicted octanol–water partition coefficient (Wildman–Crippen LogP) is 0.202. The van der Waals surface area contributed by atoms with Crippen LogP contribution in [0.4, 0.5) is 4.79 Å². The van der Waals surface area contributed by atoms with Gasteiger partial charge in [0.15, 0.2) is 0 Å². The van der Waals surface area contributed by atoms with Crippen LogP contribution in [0, 0.1) is 0 Å². The Morgan fingerprint density at radius 3 is 2.89 bits per heavy atom. The summed E-state index contributed by atoms with van der Waals surface area (Å²) >= 11 is 0. The number of cyclic esters (lactones) is 1. The fraction of sp³-hybridized carbons (Fsp3) is 0.833. The van der Waals surface area contributed by atoms with Gasteiger partial charge in [-0.2, -0.15) is 0 Å². The molecule has 0 spiro atoms. The van der Waals surface area contributed by atoms with E-state index >= 15 is 0 Å². The number of hydrogen-bond donors (Lipinski definition) is 1. The summed E-state index contributed by atoms with van der Waals surface area (Å²) in [4.78, 5) is 26.5. The summed E-state index contributed by atoms with van der Waals surface area (Å²) in [5, 5.41) is 9.03. The van der Waals surface area contributed by atoms with Crippen molar-refractivity contribution in [2.24, 2.45) is 0 Å². The number of aliphatic hydroxyl groups excluding tert-OH is 1. The zero-order valence-electron chi connectivity index (χ0n) is 10.5. The molecular weight excluding hydrogens is 236 g/mol. The molecule has 2 amide bonds. The van der Waals surface area contributed by atoms with Gasteiger partial charge in [0.25, 0.3) is 0 Å². The van der Waals surface area contributed by atoms with Gasteiger partial charge in [0.2, 0.25) is 5.91 Å². The Hall–Kier alpha value is -1.14. The van der Waals surface area contributed by atoms with Crippen molar-refractivity contribution in [1.29, 1.82) is 0 Å². The lowest BCUT2D eigenvalue weighted by molar-refractivity contribution is -0.130. The van der Waals surface area contributed by atoms with E-state index in [1.807, 2.05) is 0 Å². The van der Waals surface area contributed by atoms with Crippen LogP contribution in [0.2, 0.25) is 0 Å². The Kier molecular flexibility index (Phi) is 4.54. The molecule has 2 aliphatic rings. The molecule has 1 atom stereocenters. The minimum absolute atomic E-state index is 0.140. The van der Waals surface area contributed by atoms with E-state index in [4.69, 9.17) is 9.84 Å². The molecule has 6 heteroatoms. The molecule has 2 heterocycles. The van der Waals surface area contributed by atoms with Crippen LogP contribution >= 0.6 is 0 Å². The fourth-order valence-electron chi connectivity index (χ4n) is 2.62. The van der Waals surface area contributed by atoms with E-state index in [2.05, 4.69) is 4.90 Å². The quantitative estimate of drug-likeness (QED) is 0.778. The smallest absolute Gasteiger partial charge is 0.416 e. The average molecular weight is 256 g/mol. The normalized spacial score (nSPS) is 25.3. The van der Waals surface area contributed by atoms with Gasteiger partial charge in [-0.15, -0.1) is 0 Å². The van der Waals surface area contributed by atoms with Crippen molar-refractivity contribution in [3.05, 3.63) is 0 Å². The first-order chi connectivity index (χ1) is 8.72. The lowest BCUT2D eigenvalue weighted by Crippen LogP contribution is -2.47. The van der Waals surface area contributed by atoms with Gasteiger partial charge in [-0.25, -0.2) is 9.69 Å². The van der Waals surface area contributed by atoms with Crippen molar-refractivity contribution >= 4 is 12.0 Å². The Morgan fingerprint density at radius 2 is 2.22 bits per heavy atom. The molecule has 2 rings (SSSR count). The number of piperidine rings is 1. The maximum Gasteiger partial charge on any atom is 0.416 e. The van der Waals surface area contributed by atoms with Crippen LogP contribution in [0.5, 0.6) is 0 Å². The largest absolute Gasteiger partial charge is 0.447 e. The third-order valence-electron chi connectivity index (χ3n) is 3.61. The number of nitrogens with zero attached hydrogens (tertiary/aromatic N) is 2. The van der Waals surface area contributed by atoms with Crippen LogP contribution in [0.15, 0.2) is 0 Å². The van der Waals surface area contributed by atoms with Crippen LogP contribution in [-0.4, -0.2) is 65.8 Å². The summed E-state index contributed by atoms with van der Waals surface area (Å²) in [6.07, 6.45) is 3.38. The van der Waals surface area contributed by atoms with E-state index in [9.17, 15) is 9.59 Å². The Balaban J connectivity index is 1.89. The fourth-order valence-corrected chi connectivity index (χ4v) is 2.62. The molecule has 0 aliphatic carbocycles. The van der Waals surface area contributed by atoms with Crippen molar-refractivity contribution < 1.29 is 19.4 Å². The van der Waals surface area contributed by atoms with Crippen LogP contribution < -0.4 is 0 Å². The molecule has 2 saturated heterocycles. The zero-order valence-corrected chi connectivity index (χ0v) is 10.5. The maximum absolute atomic E-state index is 12.0. The van der Waals surface area contributed by atoms with Crippen molar-refractivity contribution in [3.63, 3.8) is 0 Å². The first-order valence-electron chi connectivity index (χ1n) is 6.54. The molecule has 1 N–H and O–H groups in total. The molecule has 2 aliphatic heterocycles. The molecule has 0 aromatic carbocycles. The van der Waals surface area contributed by atoms with Crippen molar-refractivity contribution in [2.75, 3.05) is 32.8 Å². The monoisotopic (exact) mass is 256 g/mol. The van der Waals surface area contributed by atoms with Gasteiger partial charge >= 0.3 is 6.09 Å². The molecule has 6 nitrogen and oxygen atoms in total. The number of rotatable bonds is 4. The highest BCUT2D eigenvalue weighted by atomic mass is 16.6. The number of amides is 2. The van der Waals surface area contributed by atoms with Crippen molar-refractivity contribution in [1.82, 2.24) is 9.80 Å². The molecule has 102 valence electrons. The number of carbonyl (C=O) groups excluding carboxylic acids is 2. The summed E-state index contributed by atoms with van der Waals surface area (Å²) in [6, 6.07) is 0.256. The third-order valence-corrected chi connectivity index (χ3v) is 3.61. The minimum Gasteiger partial charge on any atom is -0.447 e. The molecule has 0 radical (unpaired) electrons. The highest BCUT2D eigenvalue weighted by Gasteiger charge is 2.31. The highest BCUT2D eigenvalue weighted by Crippen LogP contribution is 2.19. The van der Waals surface area contributed by atoms with E-state index in [1.54, 1.807) is 0 Å². The van der Waals surface area contributed by atoms with Gasteiger partial charge in [0.05, 0.1) is 13.1 Å². The lowest BCUT2D eigenvalue weighted by atomic mass is 9.99.